The zero-order valence-corrected chi connectivity index (χ0v) is 15.1. The van der Waals surface area contributed by atoms with Crippen LogP contribution in [0.25, 0.3) is 0 Å². The highest BCUT2D eigenvalue weighted by Gasteiger charge is 2.09. The van der Waals surface area contributed by atoms with Gasteiger partial charge in [0.1, 0.15) is 0 Å². The Balaban J connectivity index is 1.93. The van der Waals surface area contributed by atoms with Gasteiger partial charge in [0.25, 0.3) is 5.91 Å². The lowest BCUT2D eigenvalue weighted by Gasteiger charge is -2.11. The zero-order valence-electron chi connectivity index (χ0n) is 15.1. The average Bonchev–Trinajstić information content (AvgIpc) is 2.55. The smallest absolute Gasteiger partial charge is 0.251 e. The van der Waals surface area contributed by atoms with Crippen molar-refractivity contribution in [1.29, 1.82) is 0 Å². The van der Waals surface area contributed by atoms with Crippen molar-refractivity contribution in [2.75, 3.05) is 17.2 Å². The summed E-state index contributed by atoms with van der Waals surface area (Å²) in [5.74, 6) is -0.320. The number of hydrogen-bond donors (Lipinski definition) is 3. The molecule has 0 bridgehead atoms. The van der Waals surface area contributed by atoms with Crippen LogP contribution in [0.3, 0.4) is 0 Å². The predicted octanol–water partition coefficient (Wildman–Crippen LogP) is 3.49. The van der Waals surface area contributed by atoms with Crippen molar-refractivity contribution in [3.63, 3.8) is 0 Å². The summed E-state index contributed by atoms with van der Waals surface area (Å²) in [6, 6.07) is 13.0. The van der Waals surface area contributed by atoms with Crippen molar-refractivity contribution in [3.8, 4) is 0 Å². The molecule has 0 aliphatic rings. The minimum atomic E-state index is -0.167. The van der Waals surface area contributed by atoms with Gasteiger partial charge in [-0.25, -0.2) is 0 Å². The highest BCUT2D eigenvalue weighted by Crippen LogP contribution is 2.14. The molecule has 0 aromatic heterocycles. The molecule has 2 amide bonds. The van der Waals surface area contributed by atoms with E-state index in [1.165, 1.54) is 11.1 Å². The Bertz CT molecular complexity index is 769. The number of amides is 2. The van der Waals surface area contributed by atoms with Gasteiger partial charge in [-0.05, 0) is 69.2 Å². The maximum atomic E-state index is 12.1. The third-order valence-corrected chi connectivity index (χ3v) is 3.79. The fourth-order valence-electron chi connectivity index (χ4n) is 2.32. The van der Waals surface area contributed by atoms with Gasteiger partial charge in [-0.1, -0.05) is 12.1 Å². The molecule has 2 aromatic carbocycles. The van der Waals surface area contributed by atoms with Crippen LogP contribution < -0.4 is 16.0 Å². The number of aryl methyl sites for hydroxylation is 2. The number of carbonyl (C=O) groups is 2. The zero-order chi connectivity index (χ0) is 18.4. The molecule has 0 saturated heterocycles. The molecule has 0 radical (unpaired) electrons. The van der Waals surface area contributed by atoms with Crippen LogP contribution in [0.1, 0.15) is 35.3 Å². The van der Waals surface area contributed by atoms with Crippen molar-refractivity contribution in [2.24, 2.45) is 0 Å². The summed E-state index contributed by atoms with van der Waals surface area (Å²) < 4.78 is 0. The lowest BCUT2D eigenvalue weighted by Crippen LogP contribution is -2.30. The van der Waals surface area contributed by atoms with E-state index in [0.29, 0.717) is 11.3 Å². The lowest BCUT2D eigenvalue weighted by molar-refractivity contribution is -0.114. The summed E-state index contributed by atoms with van der Waals surface area (Å²) in [4.78, 5) is 24.1. The molecule has 2 aromatic rings. The van der Waals surface area contributed by atoms with Crippen molar-refractivity contribution in [2.45, 2.75) is 33.7 Å². The van der Waals surface area contributed by atoms with Crippen LogP contribution in [0.5, 0.6) is 0 Å². The highest BCUT2D eigenvalue weighted by atomic mass is 16.2. The first-order chi connectivity index (χ1) is 11.8. The standard InChI is InChI=1S/C20H25N3O2/c1-13(2)22-20(25)16-6-5-7-18(11-16)23-19(24)12-21-17-9-8-14(3)15(4)10-17/h5-11,13,21H,12H2,1-4H3,(H,22,25)(H,23,24). The number of benzene rings is 2. The van der Waals surface area contributed by atoms with E-state index in [4.69, 9.17) is 0 Å². The van der Waals surface area contributed by atoms with Gasteiger partial charge in [-0.2, -0.15) is 0 Å². The van der Waals surface area contributed by atoms with Crippen molar-refractivity contribution >= 4 is 23.2 Å². The third kappa shape index (κ3) is 5.64. The van der Waals surface area contributed by atoms with E-state index < -0.39 is 0 Å². The Kier molecular flexibility index (Phi) is 6.17. The van der Waals surface area contributed by atoms with Crippen LogP contribution in [0.15, 0.2) is 42.5 Å². The highest BCUT2D eigenvalue weighted by molar-refractivity contribution is 5.98. The summed E-state index contributed by atoms with van der Waals surface area (Å²) in [6.45, 7) is 8.05. The van der Waals surface area contributed by atoms with Gasteiger partial charge in [-0.3, -0.25) is 9.59 Å². The van der Waals surface area contributed by atoms with E-state index in [2.05, 4.69) is 16.0 Å². The molecule has 0 saturated carbocycles. The molecular formula is C20H25N3O2. The number of carbonyl (C=O) groups excluding carboxylic acids is 2. The molecule has 132 valence electrons. The van der Waals surface area contributed by atoms with E-state index in [1.54, 1.807) is 24.3 Å². The second kappa shape index (κ2) is 8.33. The summed E-state index contributed by atoms with van der Waals surface area (Å²) in [6.07, 6.45) is 0. The molecule has 25 heavy (non-hydrogen) atoms. The maximum absolute atomic E-state index is 12.1. The molecule has 0 atom stereocenters. The van der Waals surface area contributed by atoms with E-state index >= 15 is 0 Å². The predicted molar refractivity (Wildman–Crippen MR) is 102 cm³/mol. The molecule has 0 aliphatic heterocycles. The van der Waals surface area contributed by atoms with Gasteiger partial charge < -0.3 is 16.0 Å². The first-order valence-electron chi connectivity index (χ1n) is 8.37. The molecule has 0 heterocycles. The SMILES string of the molecule is Cc1ccc(NCC(=O)Nc2cccc(C(=O)NC(C)C)c2)cc1C. The number of nitrogens with one attached hydrogen (secondary N) is 3. The lowest BCUT2D eigenvalue weighted by atomic mass is 10.1. The number of anilines is 2. The monoisotopic (exact) mass is 339 g/mol. The average molecular weight is 339 g/mol. The van der Waals surface area contributed by atoms with E-state index in [-0.39, 0.29) is 24.4 Å². The molecule has 5 heteroatoms. The first-order valence-corrected chi connectivity index (χ1v) is 8.37. The van der Waals surface area contributed by atoms with Crippen molar-refractivity contribution in [1.82, 2.24) is 5.32 Å². The Morgan fingerprint density at radius 3 is 2.40 bits per heavy atom. The molecule has 0 unspecified atom stereocenters. The fraction of sp³-hybridized carbons (Fsp3) is 0.300. The van der Waals surface area contributed by atoms with E-state index in [9.17, 15) is 9.59 Å². The summed E-state index contributed by atoms with van der Waals surface area (Å²) >= 11 is 0. The van der Waals surface area contributed by atoms with Crippen LogP contribution in [-0.2, 0) is 4.79 Å². The van der Waals surface area contributed by atoms with Gasteiger partial charge in [0.2, 0.25) is 5.91 Å². The largest absolute Gasteiger partial charge is 0.376 e. The Morgan fingerprint density at radius 2 is 1.72 bits per heavy atom. The van der Waals surface area contributed by atoms with Gasteiger partial charge >= 0.3 is 0 Å². The molecule has 0 fully saturated rings. The summed E-state index contributed by atoms with van der Waals surface area (Å²) in [5, 5.41) is 8.74. The normalized spacial score (nSPS) is 10.4. The third-order valence-electron chi connectivity index (χ3n) is 3.79. The van der Waals surface area contributed by atoms with Gasteiger partial charge in [0.15, 0.2) is 0 Å². The topological polar surface area (TPSA) is 70.2 Å². The summed E-state index contributed by atoms with van der Waals surface area (Å²) in [7, 11) is 0. The van der Waals surface area contributed by atoms with Gasteiger partial charge in [0, 0.05) is 23.0 Å². The van der Waals surface area contributed by atoms with Gasteiger partial charge in [0.05, 0.1) is 6.54 Å². The Hall–Kier alpha value is -2.82. The first kappa shape index (κ1) is 18.5. The van der Waals surface area contributed by atoms with Crippen LogP contribution >= 0.6 is 0 Å². The van der Waals surface area contributed by atoms with E-state index in [0.717, 1.165) is 5.69 Å². The van der Waals surface area contributed by atoms with E-state index in [1.807, 2.05) is 45.9 Å². The molecule has 3 N–H and O–H groups in total. The molecule has 2 rings (SSSR count). The molecule has 0 aliphatic carbocycles. The summed E-state index contributed by atoms with van der Waals surface area (Å²) in [5.41, 5.74) is 4.42. The Labute approximate surface area is 148 Å². The van der Waals surface area contributed by atoms with Crippen LogP contribution in [0.2, 0.25) is 0 Å². The van der Waals surface area contributed by atoms with Crippen LogP contribution in [-0.4, -0.2) is 24.4 Å². The Morgan fingerprint density at radius 1 is 0.960 bits per heavy atom. The quantitative estimate of drug-likeness (QED) is 0.754. The minimum Gasteiger partial charge on any atom is -0.376 e. The van der Waals surface area contributed by atoms with Crippen molar-refractivity contribution in [3.05, 3.63) is 59.2 Å². The molecular weight excluding hydrogens is 314 g/mol. The van der Waals surface area contributed by atoms with Gasteiger partial charge in [-0.15, -0.1) is 0 Å². The molecule has 0 spiro atoms. The minimum absolute atomic E-state index is 0.0629. The van der Waals surface area contributed by atoms with Crippen LogP contribution in [0.4, 0.5) is 11.4 Å². The van der Waals surface area contributed by atoms with Crippen molar-refractivity contribution < 1.29 is 9.59 Å². The number of hydrogen-bond acceptors (Lipinski definition) is 3. The van der Waals surface area contributed by atoms with Crippen LogP contribution in [0, 0.1) is 13.8 Å². The molecule has 5 nitrogen and oxygen atoms in total. The number of rotatable bonds is 6. The fourth-order valence-corrected chi connectivity index (χ4v) is 2.32. The second-order valence-electron chi connectivity index (χ2n) is 6.41. The maximum Gasteiger partial charge on any atom is 0.251 e. The second-order valence-corrected chi connectivity index (χ2v) is 6.41.